The minimum Gasteiger partial charge on any atom is -0.497 e. The highest BCUT2D eigenvalue weighted by atomic mass is 35.5. The molecule has 0 aliphatic carbocycles. The number of ether oxygens (including phenoxy) is 1. The first-order valence-electron chi connectivity index (χ1n) is 7.17. The van der Waals surface area contributed by atoms with Crippen molar-refractivity contribution >= 4 is 27.9 Å². The van der Waals surface area contributed by atoms with E-state index >= 15 is 0 Å². The quantitative estimate of drug-likeness (QED) is 0.559. The fourth-order valence-electron chi connectivity index (χ4n) is 2.46. The zero-order valence-electron chi connectivity index (χ0n) is 13.0. The molecule has 3 aromatic heterocycles. The fraction of sp³-hybridized carbons (Fsp3) is 0.200. The molecule has 0 aliphatic heterocycles. The van der Waals surface area contributed by atoms with E-state index in [1.165, 1.54) is 11.3 Å². The van der Waals surface area contributed by atoms with Crippen LogP contribution in [0.5, 0.6) is 5.75 Å². The third-order valence-electron chi connectivity index (χ3n) is 3.65. The van der Waals surface area contributed by atoms with E-state index in [9.17, 15) is 0 Å². The summed E-state index contributed by atoms with van der Waals surface area (Å²) in [5.74, 6) is 1.43. The molecule has 0 aliphatic rings. The van der Waals surface area contributed by atoms with Crippen molar-refractivity contribution in [1.82, 2.24) is 29.6 Å². The molecular formula is C15H13ClN6OS. The number of halogens is 1. The smallest absolute Gasteiger partial charge is 0.235 e. The minimum absolute atomic E-state index is 0.525. The van der Waals surface area contributed by atoms with Crippen LogP contribution in [0.2, 0.25) is 5.02 Å². The standard InChI is InChI=1S/C15H13ClN6OS/c1-21-13(11(16)8-17-21)14-18-19-15-22(14)20-12(24-15)7-9-3-5-10(23-2)6-4-9/h3-6,8H,7H2,1-2H3. The van der Waals surface area contributed by atoms with Crippen LogP contribution in [0.4, 0.5) is 0 Å². The molecule has 0 unspecified atom stereocenters. The predicted molar refractivity (Wildman–Crippen MR) is 91.7 cm³/mol. The molecule has 4 rings (SSSR count). The van der Waals surface area contributed by atoms with Crippen LogP contribution in [0.25, 0.3) is 16.5 Å². The summed E-state index contributed by atoms with van der Waals surface area (Å²) in [7, 11) is 3.47. The average molecular weight is 361 g/mol. The number of methoxy groups -OCH3 is 1. The molecule has 0 N–H and O–H groups in total. The van der Waals surface area contributed by atoms with Gasteiger partial charge in [-0.2, -0.15) is 14.7 Å². The summed E-state index contributed by atoms with van der Waals surface area (Å²) in [6.45, 7) is 0. The Hall–Kier alpha value is -2.45. The maximum Gasteiger partial charge on any atom is 0.235 e. The number of fused-ring (bicyclic) bond motifs is 1. The fourth-order valence-corrected chi connectivity index (χ4v) is 3.57. The zero-order valence-corrected chi connectivity index (χ0v) is 14.5. The van der Waals surface area contributed by atoms with Crippen molar-refractivity contribution in [3.05, 3.63) is 46.1 Å². The Balaban J connectivity index is 1.69. The van der Waals surface area contributed by atoms with Crippen LogP contribution in [0, 0.1) is 0 Å². The van der Waals surface area contributed by atoms with Crippen LogP contribution in [0.1, 0.15) is 10.6 Å². The molecular weight excluding hydrogens is 348 g/mol. The van der Waals surface area contributed by atoms with Crippen molar-refractivity contribution in [1.29, 1.82) is 0 Å². The molecule has 4 aromatic rings. The summed E-state index contributed by atoms with van der Waals surface area (Å²) in [5, 5.41) is 18.6. The van der Waals surface area contributed by atoms with Gasteiger partial charge in [0.1, 0.15) is 16.5 Å². The number of hydrogen-bond acceptors (Lipinski definition) is 6. The second-order valence-electron chi connectivity index (χ2n) is 5.20. The molecule has 1 aromatic carbocycles. The van der Waals surface area contributed by atoms with E-state index in [-0.39, 0.29) is 0 Å². The molecule has 24 heavy (non-hydrogen) atoms. The van der Waals surface area contributed by atoms with Crippen molar-refractivity contribution < 1.29 is 4.74 Å². The van der Waals surface area contributed by atoms with Crippen molar-refractivity contribution in [2.24, 2.45) is 7.05 Å². The minimum atomic E-state index is 0.525. The first-order chi connectivity index (χ1) is 11.7. The van der Waals surface area contributed by atoms with Gasteiger partial charge < -0.3 is 4.74 Å². The van der Waals surface area contributed by atoms with E-state index in [4.69, 9.17) is 16.3 Å². The van der Waals surface area contributed by atoms with Crippen LogP contribution < -0.4 is 4.74 Å². The maximum absolute atomic E-state index is 6.20. The van der Waals surface area contributed by atoms with Crippen molar-refractivity contribution in [3.63, 3.8) is 0 Å². The summed E-state index contributed by atoms with van der Waals surface area (Å²) >= 11 is 7.71. The molecule has 0 amide bonds. The lowest BCUT2D eigenvalue weighted by Gasteiger charge is -2.01. The first-order valence-corrected chi connectivity index (χ1v) is 8.37. The molecule has 7 nitrogen and oxygen atoms in total. The second-order valence-corrected chi connectivity index (χ2v) is 6.65. The summed E-state index contributed by atoms with van der Waals surface area (Å²) in [6, 6.07) is 7.94. The van der Waals surface area contributed by atoms with E-state index in [0.29, 0.717) is 16.5 Å². The lowest BCUT2D eigenvalue weighted by atomic mass is 10.1. The van der Waals surface area contributed by atoms with E-state index in [1.807, 2.05) is 31.3 Å². The molecule has 0 bridgehead atoms. The highest BCUT2D eigenvalue weighted by Crippen LogP contribution is 2.28. The van der Waals surface area contributed by atoms with Gasteiger partial charge in [0.05, 0.1) is 18.3 Å². The number of aryl methyl sites for hydroxylation is 1. The summed E-state index contributed by atoms with van der Waals surface area (Å²) in [4.78, 5) is 0.728. The Labute approximate surface area is 146 Å². The molecule has 122 valence electrons. The Morgan fingerprint density at radius 2 is 2.00 bits per heavy atom. The lowest BCUT2D eigenvalue weighted by molar-refractivity contribution is 0.414. The molecule has 0 saturated carbocycles. The van der Waals surface area contributed by atoms with Crippen molar-refractivity contribution in [2.45, 2.75) is 6.42 Å². The summed E-state index contributed by atoms with van der Waals surface area (Å²) < 4.78 is 8.56. The Morgan fingerprint density at radius 1 is 1.21 bits per heavy atom. The number of rotatable bonds is 4. The van der Waals surface area contributed by atoms with Gasteiger partial charge in [-0.25, -0.2) is 0 Å². The van der Waals surface area contributed by atoms with Crippen molar-refractivity contribution in [2.75, 3.05) is 7.11 Å². The molecule has 0 radical (unpaired) electrons. The highest BCUT2D eigenvalue weighted by molar-refractivity contribution is 7.16. The third kappa shape index (κ3) is 2.53. The van der Waals surface area contributed by atoms with Gasteiger partial charge in [-0.3, -0.25) is 4.68 Å². The summed E-state index contributed by atoms with van der Waals surface area (Å²) in [5.41, 5.74) is 1.85. The van der Waals surface area contributed by atoms with Crippen LogP contribution in [-0.4, -0.2) is 36.7 Å². The Bertz CT molecular complexity index is 984. The van der Waals surface area contributed by atoms with Crippen LogP contribution in [-0.2, 0) is 13.5 Å². The number of benzene rings is 1. The van der Waals surface area contributed by atoms with Gasteiger partial charge in [-0.1, -0.05) is 35.1 Å². The largest absolute Gasteiger partial charge is 0.497 e. The molecule has 3 heterocycles. The van der Waals surface area contributed by atoms with Gasteiger partial charge in [0.15, 0.2) is 0 Å². The topological polar surface area (TPSA) is 70.1 Å². The van der Waals surface area contributed by atoms with Gasteiger partial charge in [0.2, 0.25) is 10.8 Å². The van der Waals surface area contributed by atoms with Crippen LogP contribution in [0.3, 0.4) is 0 Å². The van der Waals surface area contributed by atoms with Gasteiger partial charge in [-0.15, -0.1) is 10.2 Å². The monoisotopic (exact) mass is 360 g/mol. The third-order valence-corrected chi connectivity index (χ3v) is 4.83. The van der Waals surface area contributed by atoms with Gasteiger partial charge >= 0.3 is 0 Å². The van der Waals surface area contributed by atoms with E-state index in [2.05, 4.69) is 20.4 Å². The van der Waals surface area contributed by atoms with Gasteiger partial charge in [-0.05, 0) is 17.7 Å². The zero-order chi connectivity index (χ0) is 16.7. The lowest BCUT2D eigenvalue weighted by Crippen LogP contribution is -1.99. The normalized spacial score (nSPS) is 11.3. The molecule has 0 atom stereocenters. The Morgan fingerprint density at radius 3 is 2.67 bits per heavy atom. The van der Waals surface area contributed by atoms with E-state index < -0.39 is 0 Å². The van der Waals surface area contributed by atoms with Gasteiger partial charge in [0, 0.05) is 13.5 Å². The van der Waals surface area contributed by atoms with Gasteiger partial charge in [0.25, 0.3) is 0 Å². The number of aromatic nitrogens is 6. The predicted octanol–water partition coefficient (Wildman–Crippen LogP) is 2.84. The molecule has 9 heteroatoms. The number of hydrogen-bond donors (Lipinski definition) is 0. The highest BCUT2D eigenvalue weighted by Gasteiger charge is 2.19. The number of nitrogens with zero attached hydrogens (tertiary/aromatic N) is 6. The first kappa shape index (κ1) is 15.1. The maximum atomic E-state index is 6.20. The summed E-state index contributed by atoms with van der Waals surface area (Å²) in [6.07, 6.45) is 2.30. The Kier molecular flexibility index (Phi) is 3.70. The van der Waals surface area contributed by atoms with Crippen LogP contribution in [0.15, 0.2) is 30.5 Å². The van der Waals surface area contributed by atoms with Crippen molar-refractivity contribution in [3.8, 4) is 17.3 Å². The molecule has 0 spiro atoms. The van der Waals surface area contributed by atoms with Crippen LogP contribution >= 0.6 is 22.9 Å². The molecule has 0 saturated heterocycles. The average Bonchev–Trinajstić information content (AvgIpc) is 3.24. The van der Waals surface area contributed by atoms with E-state index in [1.54, 1.807) is 22.5 Å². The molecule has 0 fully saturated rings. The van der Waals surface area contributed by atoms with E-state index in [0.717, 1.165) is 27.7 Å². The SMILES string of the molecule is COc1ccc(Cc2nn3c(-c4c(Cl)cnn4C)nnc3s2)cc1. The second kappa shape index (κ2) is 5.88.